The zero-order valence-electron chi connectivity index (χ0n) is 10.8. The largest absolute Gasteiger partial charge is 0.479 e. The first kappa shape index (κ1) is 14.8. The lowest BCUT2D eigenvalue weighted by Gasteiger charge is -2.06. The van der Waals surface area contributed by atoms with Crippen LogP contribution in [0, 0.1) is 10.1 Å². The first-order valence-corrected chi connectivity index (χ1v) is 5.79. The summed E-state index contributed by atoms with van der Waals surface area (Å²) in [6.45, 7) is 2.61. The quantitative estimate of drug-likeness (QED) is 0.556. The number of carbonyl (C=O) groups excluding carboxylic acids is 2. The van der Waals surface area contributed by atoms with Crippen LogP contribution in [0.4, 0.5) is 5.69 Å². The van der Waals surface area contributed by atoms with Crippen LogP contribution in [0.25, 0.3) is 0 Å². The van der Waals surface area contributed by atoms with Gasteiger partial charge in [-0.15, -0.1) is 0 Å². The summed E-state index contributed by atoms with van der Waals surface area (Å²) in [4.78, 5) is 32.1. The van der Waals surface area contributed by atoms with Crippen molar-refractivity contribution in [3.63, 3.8) is 0 Å². The van der Waals surface area contributed by atoms with Gasteiger partial charge in [-0.1, -0.05) is 6.07 Å². The molecule has 0 aromatic heterocycles. The Hall–Kier alpha value is -2.24. The highest BCUT2D eigenvalue weighted by atomic mass is 16.6. The predicted octanol–water partition coefficient (Wildman–Crippen LogP) is 2.08. The van der Waals surface area contributed by atoms with Crippen LogP contribution in [-0.2, 0) is 16.0 Å². The summed E-state index contributed by atoms with van der Waals surface area (Å²) >= 11 is 0. The molecule has 0 spiro atoms. The molecule has 19 heavy (non-hydrogen) atoms. The van der Waals surface area contributed by atoms with Crippen molar-refractivity contribution >= 4 is 17.3 Å². The first-order valence-electron chi connectivity index (χ1n) is 5.79. The molecule has 102 valence electrons. The molecule has 0 saturated carbocycles. The molecule has 0 atom stereocenters. The van der Waals surface area contributed by atoms with Crippen LogP contribution in [0.3, 0.4) is 0 Å². The van der Waals surface area contributed by atoms with Crippen LogP contribution in [0.1, 0.15) is 25.8 Å². The molecule has 0 saturated heterocycles. The van der Waals surface area contributed by atoms with E-state index >= 15 is 0 Å². The van der Waals surface area contributed by atoms with Gasteiger partial charge in [-0.2, -0.15) is 0 Å². The van der Waals surface area contributed by atoms with Crippen molar-refractivity contribution in [3.8, 4) is 5.75 Å². The Kier molecular flexibility index (Phi) is 5.17. The lowest BCUT2D eigenvalue weighted by atomic mass is 10.1. The van der Waals surface area contributed by atoms with Gasteiger partial charge in [0.2, 0.25) is 0 Å². The molecule has 0 aliphatic carbocycles. The third kappa shape index (κ3) is 4.87. The van der Waals surface area contributed by atoms with E-state index in [-0.39, 0.29) is 29.6 Å². The Bertz CT molecular complexity index is 510. The number of nitrogens with zero attached hydrogens (tertiary/aromatic N) is 1. The van der Waals surface area contributed by atoms with E-state index in [1.165, 1.54) is 26.0 Å². The van der Waals surface area contributed by atoms with Gasteiger partial charge in [-0.25, -0.2) is 0 Å². The van der Waals surface area contributed by atoms with Crippen LogP contribution in [0.15, 0.2) is 18.2 Å². The van der Waals surface area contributed by atoms with E-state index in [0.717, 1.165) is 0 Å². The van der Waals surface area contributed by atoms with Gasteiger partial charge in [-0.3, -0.25) is 14.9 Å². The first-order chi connectivity index (χ1) is 8.90. The number of ketones is 2. The standard InChI is InChI=1S/C13H15NO5/c1-9(15)3-4-11-5-6-13(19-8-10(2)16)12(7-11)14(17)18/h5-7H,3-4,8H2,1-2H3. The molecule has 1 aromatic rings. The predicted molar refractivity (Wildman–Crippen MR) is 68.3 cm³/mol. The molecule has 6 nitrogen and oxygen atoms in total. The molecule has 6 heteroatoms. The second-order valence-corrected chi connectivity index (χ2v) is 4.25. The van der Waals surface area contributed by atoms with Crippen molar-refractivity contribution < 1.29 is 19.2 Å². The van der Waals surface area contributed by atoms with E-state index in [1.54, 1.807) is 6.07 Å². The minimum absolute atomic E-state index is 0.0274. The monoisotopic (exact) mass is 265 g/mol. The summed E-state index contributed by atoms with van der Waals surface area (Å²) in [7, 11) is 0. The number of nitro benzene ring substituents is 1. The van der Waals surface area contributed by atoms with Gasteiger partial charge < -0.3 is 9.53 Å². The van der Waals surface area contributed by atoms with Crippen LogP contribution >= 0.6 is 0 Å². The van der Waals surface area contributed by atoms with E-state index < -0.39 is 4.92 Å². The molecule has 0 aliphatic heterocycles. The van der Waals surface area contributed by atoms with Gasteiger partial charge in [-0.05, 0) is 31.9 Å². The minimum Gasteiger partial charge on any atom is -0.479 e. The van der Waals surface area contributed by atoms with Crippen LogP contribution < -0.4 is 4.74 Å². The SMILES string of the molecule is CC(=O)CCc1ccc(OCC(C)=O)c([N+](=O)[O-])c1. The molecule has 0 aliphatic rings. The molecule has 0 amide bonds. The van der Waals surface area contributed by atoms with Crippen molar-refractivity contribution in [2.45, 2.75) is 26.7 Å². The zero-order chi connectivity index (χ0) is 14.4. The number of hydrogen-bond donors (Lipinski definition) is 0. The van der Waals surface area contributed by atoms with E-state index in [9.17, 15) is 19.7 Å². The van der Waals surface area contributed by atoms with E-state index in [2.05, 4.69) is 0 Å². The Balaban J connectivity index is 2.91. The smallest absolute Gasteiger partial charge is 0.311 e. The van der Waals surface area contributed by atoms with Crippen LogP contribution in [-0.4, -0.2) is 23.1 Å². The third-order valence-electron chi connectivity index (χ3n) is 2.42. The number of nitro groups is 1. The lowest BCUT2D eigenvalue weighted by Crippen LogP contribution is -2.08. The maximum atomic E-state index is 10.9. The molecule has 1 rings (SSSR count). The second-order valence-electron chi connectivity index (χ2n) is 4.25. The molecule has 1 aromatic carbocycles. The highest BCUT2D eigenvalue weighted by molar-refractivity contribution is 5.77. The minimum atomic E-state index is -0.563. The molecule has 0 N–H and O–H groups in total. The summed E-state index contributed by atoms with van der Waals surface area (Å²) in [5, 5.41) is 10.9. The molecule has 0 unspecified atom stereocenters. The fourth-order valence-electron chi connectivity index (χ4n) is 1.48. The Morgan fingerprint density at radius 3 is 2.47 bits per heavy atom. The second kappa shape index (κ2) is 6.63. The molecular formula is C13H15NO5. The molecule has 0 radical (unpaired) electrons. The van der Waals surface area contributed by atoms with Gasteiger partial charge in [0.1, 0.15) is 12.4 Å². The van der Waals surface area contributed by atoms with Gasteiger partial charge in [0.15, 0.2) is 11.5 Å². The molecular weight excluding hydrogens is 250 g/mol. The van der Waals surface area contributed by atoms with Crippen molar-refractivity contribution in [2.75, 3.05) is 6.61 Å². The Morgan fingerprint density at radius 2 is 1.95 bits per heavy atom. The Morgan fingerprint density at radius 1 is 1.26 bits per heavy atom. The average Bonchev–Trinajstić information content (AvgIpc) is 2.33. The fraction of sp³-hybridized carbons (Fsp3) is 0.385. The van der Waals surface area contributed by atoms with Crippen molar-refractivity contribution in [3.05, 3.63) is 33.9 Å². The van der Waals surface area contributed by atoms with Crippen molar-refractivity contribution in [2.24, 2.45) is 0 Å². The normalized spacial score (nSPS) is 10.0. The summed E-state index contributed by atoms with van der Waals surface area (Å²) in [6.07, 6.45) is 0.786. The highest BCUT2D eigenvalue weighted by Crippen LogP contribution is 2.28. The van der Waals surface area contributed by atoms with E-state index in [0.29, 0.717) is 18.4 Å². The summed E-state index contributed by atoms with van der Waals surface area (Å²) in [5.41, 5.74) is 0.499. The lowest BCUT2D eigenvalue weighted by molar-refractivity contribution is -0.385. The van der Waals surface area contributed by atoms with Gasteiger partial charge in [0.25, 0.3) is 0 Å². The van der Waals surface area contributed by atoms with Crippen molar-refractivity contribution in [1.82, 2.24) is 0 Å². The van der Waals surface area contributed by atoms with E-state index in [1.807, 2.05) is 0 Å². The maximum Gasteiger partial charge on any atom is 0.311 e. The average molecular weight is 265 g/mol. The summed E-state index contributed by atoms with van der Waals surface area (Å²) < 4.78 is 5.08. The number of rotatable bonds is 7. The topological polar surface area (TPSA) is 86.5 Å². The number of carbonyl (C=O) groups is 2. The fourth-order valence-corrected chi connectivity index (χ4v) is 1.48. The van der Waals surface area contributed by atoms with Crippen LogP contribution in [0.5, 0.6) is 5.75 Å². The summed E-state index contributed by atoms with van der Waals surface area (Å²) in [5.74, 6) is -0.124. The van der Waals surface area contributed by atoms with Gasteiger partial charge in [0.05, 0.1) is 4.92 Å². The number of hydrogen-bond acceptors (Lipinski definition) is 5. The third-order valence-corrected chi connectivity index (χ3v) is 2.42. The number of benzene rings is 1. The van der Waals surface area contributed by atoms with Gasteiger partial charge >= 0.3 is 5.69 Å². The van der Waals surface area contributed by atoms with Crippen LogP contribution in [0.2, 0.25) is 0 Å². The summed E-state index contributed by atoms with van der Waals surface area (Å²) in [6, 6.07) is 4.49. The maximum absolute atomic E-state index is 10.9. The van der Waals surface area contributed by atoms with E-state index in [4.69, 9.17) is 4.74 Å². The zero-order valence-corrected chi connectivity index (χ0v) is 10.8. The number of Topliss-reactive ketones (excluding diaryl/α,β-unsaturated/α-hetero) is 2. The molecule has 0 bridgehead atoms. The molecule has 0 heterocycles. The van der Waals surface area contributed by atoms with Gasteiger partial charge in [0, 0.05) is 12.5 Å². The highest BCUT2D eigenvalue weighted by Gasteiger charge is 2.16. The number of aryl methyl sites for hydroxylation is 1. The Labute approximate surface area is 110 Å². The molecule has 0 fully saturated rings. The van der Waals surface area contributed by atoms with Crippen molar-refractivity contribution in [1.29, 1.82) is 0 Å². The number of ether oxygens (including phenoxy) is 1.